The summed E-state index contributed by atoms with van der Waals surface area (Å²) in [5, 5.41) is 9.92. The molecule has 2 aromatic carbocycles. The number of rotatable bonds is 13. The fraction of sp³-hybridized carbons (Fsp3) is 0.424. The van der Waals surface area contributed by atoms with Crippen molar-refractivity contribution in [2.24, 2.45) is 11.8 Å². The predicted octanol–water partition coefficient (Wildman–Crippen LogP) is 3.19. The zero-order valence-corrected chi connectivity index (χ0v) is 24.1. The van der Waals surface area contributed by atoms with Crippen molar-refractivity contribution in [3.63, 3.8) is 0 Å². The molecule has 3 saturated heterocycles. The third-order valence-electron chi connectivity index (χ3n) is 8.57. The number of aliphatic hydroxyl groups excluding tert-OH is 1. The minimum absolute atomic E-state index is 0.0229. The summed E-state index contributed by atoms with van der Waals surface area (Å²) in [6.45, 7) is 10.6. The quantitative estimate of drug-likeness (QED) is 0.370. The summed E-state index contributed by atoms with van der Waals surface area (Å²) >= 11 is 0. The Hall–Kier alpha value is -3.95. The summed E-state index contributed by atoms with van der Waals surface area (Å²) in [7, 11) is 0. The van der Waals surface area contributed by atoms with E-state index in [0.717, 1.165) is 5.56 Å². The number of ether oxygens (including phenoxy) is 2. The van der Waals surface area contributed by atoms with E-state index in [9.17, 15) is 19.5 Å². The molecule has 9 nitrogen and oxygen atoms in total. The molecule has 1 spiro atoms. The van der Waals surface area contributed by atoms with E-state index >= 15 is 0 Å². The zero-order chi connectivity index (χ0) is 29.9. The fourth-order valence-corrected chi connectivity index (χ4v) is 6.95. The normalized spacial score (nSPS) is 25.7. The van der Waals surface area contributed by atoms with Crippen LogP contribution in [0, 0.1) is 11.8 Å². The third-order valence-corrected chi connectivity index (χ3v) is 8.57. The molecule has 2 aromatic rings. The van der Waals surface area contributed by atoms with Crippen LogP contribution in [0.3, 0.4) is 0 Å². The zero-order valence-electron chi connectivity index (χ0n) is 24.1. The molecule has 2 unspecified atom stereocenters. The highest BCUT2D eigenvalue weighted by Gasteiger charge is 2.74. The molecule has 0 aliphatic carbocycles. The standard InChI is InChI=1S/C33H39N3O6/c1-4-18-34(22-23-10-8-7-9-11-23)32(40)29-33-17-16-26(42-33)27(28(33)31(39)36(29)20-21-37)30(38)35(19-5-2)24-12-14-25(15-13-24)41-6-3/h4-5,7-15,26-29,37H,1-2,6,16-22H2,3H3/t26-,27+,28+,29?,33?/m1/s1. The van der Waals surface area contributed by atoms with Gasteiger partial charge in [-0.15, -0.1) is 13.2 Å². The molecule has 3 aliphatic rings. The molecule has 1 N–H and O–H groups in total. The average molecular weight is 574 g/mol. The predicted molar refractivity (Wildman–Crippen MR) is 159 cm³/mol. The van der Waals surface area contributed by atoms with Gasteiger partial charge in [-0.3, -0.25) is 14.4 Å². The number of anilines is 1. The Morgan fingerprint density at radius 1 is 1.10 bits per heavy atom. The van der Waals surface area contributed by atoms with Crippen LogP contribution in [0.1, 0.15) is 25.3 Å². The van der Waals surface area contributed by atoms with Gasteiger partial charge in [0, 0.05) is 31.9 Å². The van der Waals surface area contributed by atoms with E-state index in [4.69, 9.17) is 9.47 Å². The Morgan fingerprint density at radius 2 is 1.81 bits per heavy atom. The van der Waals surface area contributed by atoms with Crippen molar-refractivity contribution in [3.8, 4) is 5.75 Å². The summed E-state index contributed by atoms with van der Waals surface area (Å²) in [5.74, 6) is -1.74. The molecule has 0 saturated carbocycles. The minimum Gasteiger partial charge on any atom is -0.494 e. The number of carbonyl (C=O) groups is 3. The van der Waals surface area contributed by atoms with E-state index in [1.54, 1.807) is 34.1 Å². The van der Waals surface area contributed by atoms with Gasteiger partial charge in [-0.05, 0) is 49.6 Å². The number of hydrogen-bond donors (Lipinski definition) is 1. The van der Waals surface area contributed by atoms with Crippen molar-refractivity contribution in [2.45, 2.75) is 44.1 Å². The Balaban J connectivity index is 1.48. The molecule has 3 aliphatic heterocycles. The Morgan fingerprint density at radius 3 is 2.45 bits per heavy atom. The summed E-state index contributed by atoms with van der Waals surface area (Å²) < 4.78 is 12.1. The SMILES string of the molecule is C=CCN(Cc1ccccc1)C(=O)C1N(CCO)C(=O)[C@@H]2[C@@H](C(=O)N(CC=C)c3ccc(OCC)cc3)[C@H]3CCC12O3. The summed E-state index contributed by atoms with van der Waals surface area (Å²) in [6.07, 6.45) is 3.85. The van der Waals surface area contributed by atoms with Gasteiger partial charge in [0.25, 0.3) is 0 Å². The highest BCUT2D eigenvalue weighted by Crippen LogP contribution is 2.59. The van der Waals surface area contributed by atoms with Gasteiger partial charge in [-0.1, -0.05) is 42.5 Å². The number of carbonyl (C=O) groups excluding carboxylic acids is 3. The Labute approximate surface area is 247 Å². The number of fused-ring (bicyclic) bond motifs is 1. The lowest BCUT2D eigenvalue weighted by atomic mass is 9.70. The maximum atomic E-state index is 14.3. The second-order valence-electron chi connectivity index (χ2n) is 11.0. The summed E-state index contributed by atoms with van der Waals surface area (Å²) in [4.78, 5) is 47.4. The van der Waals surface area contributed by atoms with Crippen LogP contribution in [-0.2, 0) is 25.7 Å². The van der Waals surface area contributed by atoms with Crippen molar-refractivity contribution in [1.29, 1.82) is 0 Å². The van der Waals surface area contributed by atoms with Gasteiger partial charge in [-0.25, -0.2) is 0 Å². The molecule has 3 fully saturated rings. The first kappa shape index (κ1) is 29.5. The molecule has 42 heavy (non-hydrogen) atoms. The lowest BCUT2D eigenvalue weighted by Crippen LogP contribution is -2.56. The van der Waals surface area contributed by atoms with Gasteiger partial charge in [0.15, 0.2) is 0 Å². The highest BCUT2D eigenvalue weighted by atomic mass is 16.5. The number of nitrogens with zero attached hydrogens (tertiary/aromatic N) is 3. The first-order valence-corrected chi connectivity index (χ1v) is 14.6. The smallest absolute Gasteiger partial charge is 0.248 e. The number of benzene rings is 2. The Kier molecular flexibility index (Phi) is 8.80. The van der Waals surface area contributed by atoms with Gasteiger partial charge < -0.3 is 29.3 Å². The second-order valence-corrected chi connectivity index (χ2v) is 11.0. The lowest BCUT2D eigenvalue weighted by molar-refractivity contribution is -0.148. The van der Waals surface area contributed by atoms with Crippen LogP contribution in [0.2, 0.25) is 0 Å². The van der Waals surface area contributed by atoms with E-state index in [2.05, 4.69) is 13.2 Å². The topological polar surface area (TPSA) is 99.6 Å². The van der Waals surface area contributed by atoms with Gasteiger partial charge in [-0.2, -0.15) is 0 Å². The molecule has 222 valence electrons. The molecule has 2 bridgehead atoms. The summed E-state index contributed by atoms with van der Waals surface area (Å²) in [6, 6.07) is 15.9. The van der Waals surface area contributed by atoms with E-state index in [-0.39, 0.29) is 44.0 Å². The van der Waals surface area contributed by atoms with Crippen LogP contribution < -0.4 is 9.64 Å². The first-order chi connectivity index (χ1) is 20.4. The number of hydrogen-bond acceptors (Lipinski definition) is 6. The van der Waals surface area contributed by atoms with Gasteiger partial charge in [0.1, 0.15) is 17.4 Å². The van der Waals surface area contributed by atoms with Crippen molar-refractivity contribution in [1.82, 2.24) is 9.80 Å². The minimum atomic E-state index is -1.15. The monoisotopic (exact) mass is 573 g/mol. The molecule has 5 atom stereocenters. The van der Waals surface area contributed by atoms with Crippen molar-refractivity contribution >= 4 is 23.4 Å². The first-order valence-electron chi connectivity index (χ1n) is 14.6. The number of aliphatic hydroxyl groups is 1. The second kappa shape index (κ2) is 12.5. The maximum Gasteiger partial charge on any atom is 0.248 e. The van der Waals surface area contributed by atoms with Crippen LogP contribution >= 0.6 is 0 Å². The van der Waals surface area contributed by atoms with E-state index < -0.39 is 29.6 Å². The lowest BCUT2D eigenvalue weighted by Gasteiger charge is -2.37. The number of likely N-dealkylation sites (tertiary alicyclic amines) is 1. The van der Waals surface area contributed by atoms with E-state index in [1.807, 2.05) is 49.4 Å². The van der Waals surface area contributed by atoms with Crippen molar-refractivity contribution < 1.29 is 29.0 Å². The Bertz CT molecular complexity index is 1310. The molecule has 0 radical (unpaired) electrons. The van der Waals surface area contributed by atoms with Crippen molar-refractivity contribution in [3.05, 3.63) is 85.5 Å². The molecule has 3 amide bonds. The largest absolute Gasteiger partial charge is 0.494 e. The molecule has 3 heterocycles. The molecular formula is C33H39N3O6. The van der Waals surface area contributed by atoms with Crippen LogP contribution in [-0.4, -0.2) is 83.2 Å². The van der Waals surface area contributed by atoms with E-state index in [0.29, 0.717) is 37.4 Å². The van der Waals surface area contributed by atoms with Crippen LogP contribution in [0.25, 0.3) is 0 Å². The van der Waals surface area contributed by atoms with Gasteiger partial charge in [0.2, 0.25) is 17.7 Å². The molecule has 5 rings (SSSR count). The van der Waals surface area contributed by atoms with Crippen LogP contribution in [0.15, 0.2) is 79.9 Å². The number of amides is 3. The average Bonchev–Trinajstić information content (AvgIpc) is 3.64. The number of β-amino-alcohol motifs (C(OH)–C–C–N with tert-alkyl or cyclic N) is 1. The molecule has 0 aromatic heterocycles. The van der Waals surface area contributed by atoms with E-state index in [1.165, 1.54) is 4.90 Å². The fourth-order valence-electron chi connectivity index (χ4n) is 6.95. The van der Waals surface area contributed by atoms with Crippen LogP contribution in [0.4, 0.5) is 5.69 Å². The van der Waals surface area contributed by atoms with Crippen molar-refractivity contribution in [2.75, 3.05) is 37.7 Å². The summed E-state index contributed by atoms with van der Waals surface area (Å²) in [5.41, 5.74) is 0.453. The highest BCUT2D eigenvalue weighted by molar-refractivity contribution is 6.03. The van der Waals surface area contributed by atoms with Gasteiger partial charge >= 0.3 is 0 Å². The van der Waals surface area contributed by atoms with Crippen LogP contribution in [0.5, 0.6) is 5.75 Å². The third kappa shape index (κ3) is 5.12. The van der Waals surface area contributed by atoms with Gasteiger partial charge in [0.05, 0.1) is 31.2 Å². The molecular weight excluding hydrogens is 534 g/mol. The molecule has 9 heteroatoms. The maximum absolute atomic E-state index is 14.3.